The Kier molecular flexibility index (Phi) is 4.52. The van der Waals surface area contributed by atoms with Gasteiger partial charge in [0.2, 0.25) is 0 Å². The normalized spacial score (nSPS) is 13.8. The Balaban J connectivity index is 1.77. The number of thioether (sulfide) groups is 1. The van der Waals surface area contributed by atoms with Crippen LogP contribution in [0, 0.1) is 0 Å². The number of hydrogen-bond donors (Lipinski definition) is 1. The molecule has 0 saturated heterocycles. The Morgan fingerprint density at radius 2 is 2.25 bits per heavy atom. The van der Waals surface area contributed by atoms with Crippen molar-refractivity contribution in [3.63, 3.8) is 0 Å². The molecule has 1 aromatic heterocycles. The van der Waals surface area contributed by atoms with Gasteiger partial charge in [0.15, 0.2) is 0 Å². The first-order chi connectivity index (χ1) is 7.90. The number of rotatable bonds is 6. The van der Waals surface area contributed by atoms with Crippen LogP contribution < -0.4 is 5.32 Å². The number of nitrogens with one attached hydrogen (secondary N) is 1. The fraction of sp³-hybridized carbons (Fsp3) is 0.615. The summed E-state index contributed by atoms with van der Waals surface area (Å²) in [7, 11) is 0. The highest BCUT2D eigenvalue weighted by molar-refractivity contribution is 7.98. The number of pyridine rings is 1. The van der Waals surface area contributed by atoms with Gasteiger partial charge in [-0.2, -0.15) is 11.8 Å². The fourth-order valence-electron chi connectivity index (χ4n) is 2.11. The molecular weight excluding hydrogens is 216 g/mol. The molecule has 0 aromatic carbocycles. The molecule has 0 aliphatic heterocycles. The van der Waals surface area contributed by atoms with Crippen LogP contribution in [0.25, 0.3) is 0 Å². The lowest BCUT2D eigenvalue weighted by molar-refractivity contribution is 0.838. The second kappa shape index (κ2) is 6.14. The lowest BCUT2D eigenvalue weighted by Crippen LogP contribution is -2.04. The van der Waals surface area contributed by atoms with Gasteiger partial charge in [0, 0.05) is 12.2 Å². The molecule has 1 N–H and O–H groups in total. The minimum absolute atomic E-state index is 1.05. The van der Waals surface area contributed by atoms with E-state index in [0.717, 1.165) is 18.8 Å². The van der Waals surface area contributed by atoms with Crippen LogP contribution in [0.1, 0.15) is 30.5 Å². The number of fused-ring (bicyclic) bond motifs is 1. The van der Waals surface area contributed by atoms with Gasteiger partial charge in [-0.3, -0.25) is 0 Å². The van der Waals surface area contributed by atoms with E-state index < -0.39 is 0 Å². The van der Waals surface area contributed by atoms with Crippen molar-refractivity contribution in [3.8, 4) is 0 Å². The van der Waals surface area contributed by atoms with Crippen molar-refractivity contribution in [2.24, 2.45) is 0 Å². The van der Waals surface area contributed by atoms with Gasteiger partial charge in [-0.15, -0.1) is 0 Å². The fourth-order valence-corrected chi connectivity index (χ4v) is 2.60. The first-order valence-corrected chi connectivity index (χ1v) is 7.51. The van der Waals surface area contributed by atoms with Gasteiger partial charge < -0.3 is 5.32 Å². The molecule has 1 heterocycles. The molecule has 0 atom stereocenters. The molecule has 2 rings (SSSR count). The average molecular weight is 236 g/mol. The summed E-state index contributed by atoms with van der Waals surface area (Å²) in [4.78, 5) is 4.65. The molecular formula is C13H20N2S. The number of aromatic nitrogens is 1. The van der Waals surface area contributed by atoms with Crippen LogP contribution in [0.2, 0.25) is 0 Å². The van der Waals surface area contributed by atoms with E-state index in [-0.39, 0.29) is 0 Å². The van der Waals surface area contributed by atoms with Crippen LogP contribution in [-0.4, -0.2) is 23.5 Å². The average Bonchev–Trinajstić information content (AvgIpc) is 2.76. The first-order valence-electron chi connectivity index (χ1n) is 6.12. The predicted molar refractivity (Wildman–Crippen MR) is 72.4 cm³/mol. The quantitative estimate of drug-likeness (QED) is 0.768. The van der Waals surface area contributed by atoms with E-state index in [2.05, 4.69) is 28.7 Å². The summed E-state index contributed by atoms with van der Waals surface area (Å²) in [6.45, 7) is 1.05. The molecule has 1 aliphatic carbocycles. The minimum atomic E-state index is 1.05. The number of anilines is 1. The minimum Gasteiger partial charge on any atom is -0.370 e. The molecule has 0 radical (unpaired) electrons. The van der Waals surface area contributed by atoms with Crippen LogP contribution in [-0.2, 0) is 12.8 Å². The molecule has 0 bridgehead atoms. The highest BCUT2D eigenvalue weighted by Gasteiger charge is 2.11. The number of unbranched alkanes of at least 4 members (excludes halogenated alkanes) is 1. The topological polar surface area (TPSA) is 24.9 Å². The van der Waals surface area contributed by atoms with E-state index >= 15 is 0 Å². The second-order valence-electron chi connectivity index (χ2n) is 4.28. The molecule has 16 heavy (non-hydrogen) atoms. The zero-order chi connectivity index (χ0) is 11.2. The lowest BCUT2D eigenvalue weighted by atomic mass is 10.2. The monoisotopic (exact) mass is 236 g/mol. The van der Waals surface area contributed by atoms with Crippen molar-refractivity contribution in [2.45, 2.75) is 32.1 Å². The van der Waals surface area contributed by atoms with Gasteiger partial charge in [0.1, 0.15) is 5.82 Å². The van der Waals surface area contributed by atoms with Crippen LogP contribution in [0.5, 0.6) is 0 Å². The molecule has 0 unspecified atom stereocenters. The summed E-state index contributed by atoms with van der Waals surface area (Å²) in [5, 5.41) is 3.41. The number of hydrogen-bond acceptors (Lipinski definition) is 3. The van der Waals surface area contributed by atoms with E-state index in [1.54, 1.807) is 0 Å². The Hall–Kier alpha value is -0.700. The first kappa shape index (κ1) is 11.8. The van der Waals surface area contributed by atoms with Crippen LogP contribution in [0.3, 0.4) is 0 Å². The van der Waals surface area contributed by atoms with Crippen LogP contribution in [0.4, 0.5) is 5.82 Å². The Morgan fingerprint density at radius 3 is 3.12 bits per heavy atom. The number of nitrogens with zero attached hydrogens (tertiary/aromatic N) is 1. The van der Waals surface area contributed by atoms with Crippen molar-refractivity contribution in [3.05, 3.63) is 23.4 Å². The molecule has 3 heteroatoms. The van der Waals surface area contributed by atoms with Crippen molar-refractivity contribution in [2.75, 3.05) is 23.9 Å². The van der Waals surface area contributed by atoms with Crippen LogP contribution >= 0.6 is 11.8 Å². The molecule has 0 spiro atoms. The Morgan fingerprint density at radius 1 is 1.31 bits per heavy atom. The number of aryl methyl sites for hydroxylation is 2. The van der Waals surface area contributed by atoms with Gasteiger partial charge in [0.25, 0.3) is 0 Å². The highest BCUT2D eigenvalue weighted by atomic mass is 32.2. The molecule has 1 aromatic rings. The maximum absolute atomic E-state index is 4.65. The molecule has 0 fully saturated rings. The SMILES string of the molecule is CSCCCCNc1ccc2c(n1)CCC2. The molecule has 2 nitrogen and oxygen atoms in total. The summed E-state index contributed by atoms with van der Waals surface area (Å²) in [5.41, 5.74) is 2.77. The van der Waals surface area contributed by atoms with Crippen molar-refractivity contribution >= 4 is 17.6 Å². The van der Waals surface area contributed by atoms with Gasteiger partial charge in [0.05, 0.1) is 0 Å². The summed E-state index contributed by atoms with van der Waals surface area (Å²) in [6.07, 6.45) is 8.35. The predicted octanol–water partition coefficient (Wildman–Crippen LogP) is 3.13. The molecule has 88 valence electrons. The third-order valence-corrected chi connectivity index (χ3v) is 3.71. The van der Waals surface area contributed by atoms with E-state index in [1.807, 2.05) is 11.8 Å². The van der Waals surface area contributed by atoms with E-state index in [1.165, 1.54) is 42.7 Å². The summed E-state index contributed by atoms with van der Waals surface area (Å²) in [6, 6.07) is 4.36. The van der Waals surface area contributed by atoms with E-state index in [4.69, 9.17) is 0 Å². The molecule has 0 amide bonds. The van der Waals surface area contributed by atoms with Crippen molar-refractivity contribution in [1.29, 1.82) is 0 Å². The smallest absolute Gasteiger partial charge is 0.126 e. The van der Waals surface area contributed by atoms with E-state index in [9.17, 15) is 0 Å². The van der Waals surface area contributed by atoms with Crippen molar-refractivity contribution < 1.29 is 0 Å². The maximum atomic E-state index is 4.65. The zero-order valence-corrected chi connectivity index (χ0v) is 10.8. The van der Waals surface area contributed by atoms with Crippen LogP contribution in [0.15, 0.2) is 12.1 Å². The standard InChI is InChI=1S/C13H20N2S/c1-16-10-3-2-9-14-13-8-7-11-5-4-6-12(11)15-13/h7-8H,2-6,9-10H2,1H3,(H,14,15). The highest BCUT2D eigenvalue weighted by Crippen LogP contribution is 2.21. The van der Waals surface area contributed by atoms with Gasteiger partial charge >= 0.3 is 0 Å². The Labute approximate surface area is 102 Å². The lowest BCUT2D eigenvalue weighted by Gasteiger charge is -2.07. The van der Waals surface area contributed by atoms with Gasteiger partial charge in [-0.1, -0.05) is 6.07 Å². The van der Waals surface area contributed by atoms with E-state index in [0.29, 0.717) is 0 Å². The van der Waals surface area contributed by atoms with Crippen molar-refractivity contribution in [1.82, 2.24) is 4.98 Å². The summed E-state index contributed by atoms with van der Waals surface area (Å²) in [5.74, 6) is 2.32. The van der Waals surface area contributed by atoms with Gasteiger partial charge in [-0.05, 0) is 55.7 Å². The zero-order valence-electron chi connectivity index (χ0n) is 9.96. The van der Waals surface area contributed by atoms with Gasteiger partial charge in [-0.25, -0.2) is 4.98 Å². The second-order valence-corrected chi connectivity index (χ2v) is 5.27. The molecule has 1 aliphatic rings. The Bertz CT molecular complexity index is 339. The summed E-state index contributed by atoms with van der Waals surface area (Å²) >= 11 is 1.92. The summed E-state index contributed by atoms with van der Waals surface area (Å²) < 4.78 is 0. The molecule has 0 saturated carbocycles. The largest absolute Gasteiger partial charge is 0.370 e. The third-order valence-electron chi connectivity index (χ3n) is 3.01. The maximum Gasteiger partial charge on any atom is 0.126 e. The third kappa shape index (κ3) is 3.14.